The minimum absolute atomic E-state index is 0.810. The molecule has 0 unspecified atom stereocenters. The molecule has 0 saturated heterocycles. The molecular weight excluding hydrogens is 148 g/mol. The molecule has 1 aliphatic rings. The molecule has 2 heteroatoms. The van der Waals surface area contributed by atoms with Gasteiger partial charge in [-0.05, 0) is 25.2 Å². The molecule has 2 nitrogen and oxygen atoms in total. The van der Waals surface area contributed by atoms with Crippen LogP contribution in [-0.4, -0.2) is 25.3 Å². The molecule has 0 fully saturated rings. The van der Waals surface area contributed by atoms with Crippen molar-refractivity contribution in [2.75, 3.05) is 14.1 Å². The second-order valence-electron chi connectivity index (χ2n) is 3.79. The zero-order chi connectivity index (χ0) is 8.97. The molecule has 0 aromatic heterocycles. The third-order valence-electron chi connectivity index (χ3n) is 2.05. The van der Waals surface area contributed by atoms with Crippen molar-refractivity contribution in [3.8, 4) is 0 Å². The van der Waals surface area contributed by atoms with Gasteiger partial charge >= 0.3 is 0 Å². The zero-order valence-electron chi connectivity index (χ0n) is 8.25. The van der Waals surface area contributed by atoms with E-state index in [1.165, 1.54) is 18.5 Å². The molecule has 0 bridgehead atoms. The van der Waals surface area contributed by atoms with Gasteiger partial charge in [0, 0.05) is 19.8 Å². The highest BCUT2D eigenvalue weighted by molar-refractivity contribution is 5.55. The molecule has 0 aromatic rings. The lowest BCUT2D eigenvalue weighted by Gasteiger charge is -2.16. The number of nitrogens with zero attached hydrogens (tertiary/aromatic N) is 2. The molecule has 1 rings (SSSR count). The van der Waals surface area contributed by atoms with Gasteiger partial charge in [-0.25, -0.2) is 4.99 Å². The first-order chi connectivity index (χ1) is 5.68. The van der Waals surface area contributed by atoms with Gasteiger partial charge < -0.3 is 4.90 Å². The lowest BCUT2D eigenvalue weighted by Crippen LogP contribution is -2.09. The fourth-order valence-electron chi connectivity index (χ4n) is 1.37. The highest BCUT2D eigenvalue weighted by atomic mass is 15.1. The van der Waals surface area contributed by atoms with Gasteiger partial charge in [0.15, 0.2) is 0 Å². The van der Waals surface area contributed by atoms with E-state index in [9.17, 15) is 0 Å². The largest absolute Gasteiger partial charge is 0.369 e. The van der Waals surface area contributed by atoms with Crippen LogP contribution >= 0.6 is 0 Å². The first-order valence-electron chi connectivity index (χ1n) is 4.58. The van der Waals surface area contributed by atoms with E-state index in [0.717, 1.165) is 12.3 Å². The molecule has 0 amide bonds. The second-order valence-corrected chi connectivity index (χ2v) is 3.79. The molecule has 0 radical (unpaired) electrons. The Hall–Kier alpha value is -0.790. The smallest absolute Gasteiger partial charge is 0.0902 e. The third kappa shape index (κ3) is 3.07. The van der Waals surface area contributed by atoms with Crippen LogP contribution in [0.2, 0.25) is 0 Å². The molecular formula is C10H18N2. The van der Waals surface area contributed by atoms with Crippen molar-refractivity contribution in [1.82, 2.24) is 4.90 Å². The lowest BCUT2D eigenvalue weighted by atomic mass is 9.94. The van der Waals surface area contributed by atoms with Crippen LogP contribution in [0.1, 0.15) is 26.2 Å². The lowest BCUT2D eigenvalue weighted by molar-refractivity contribution is 0.506. The van der Waals surface area contributed by atoms with Crippen LogP contribution in [0.25, 0.3) is 0 Å². The number of aliphatic imine (C=N–C) groups is 1. The molecule has 12 heavy (non-hydrogen) atoms. The Morgan fingerprint density at radius 1 is 1.58 bits per heavy atom. The fourth-order valence-corrected chi connectivity index (χ4v) is 1.37. The van der Waals surface area contributed by atoms with Crippen molar-refractivity contribution in [2.45, 2.75) is 26.2 Å². The third-order valence-corrected chi connectivity index (χ3v) is 2.05. The van der Waals surface area contributed by atoms with Gasteiger partial charge in [-0.2, -0.15) is 0 Å². The summed E-state index contributed by atoms with van der Waals surface area (Å²) in [5.41, 5.74) is 1.25. The molecule has 0 heterocycles. The van der Waals surface area contributed by atoms with Gasteiger partial charge in [0.2, 0.25) is 0 Å². The van der Waals surface area contributed by atoms with Crippen molar-refractivity contribution in [3.63, 3.8) is 0 Å². The minimum Gasteiger partial charge on any atom is -0.369 e. The van der Waals surface area contributed by atoms with Crippen LogP contribution in [0.5, 0.6) is 0 Å². The van der Waals surface area contributed by atoms with E-state index in [4.69, 9.17) is 0 Å². The number of hydrogen-bond donors (Lipinski definition) is 0. The maximum Gasteiger partial charge on any atom is 0.0902 e. The van der Waals surface area contributed by atoms with Crippen LogP contribution in [0.3, 0.4) is 0 Å². The summed E-state index contributed by atoms with van der Waals surface area (Å²) in [6.07, 6.45) is 7.79. The first kappa shape index (κ1) is 9.30. The quantitative estimate of drug-likeness (QED) is 0.454. The van der Waals surface area contributed by atoms with Gasteiger partial charge in [0.1, 0.15) is 0 Å². The predicted molar refractivity (Wildman–Crippen MR) is 53.3 cm³/mol. The fraction of sp³-hybridized carbons (Fsp3) is 0.700. The van der Waals surface area contributed by atoms with Crippen LogP contribution in [-0.2, 0) is 0 Å². The minimum atomic E-state index is 0.810. The van der Waals surface area contributed by atoms with Crippen LogP contribution in [0.4, 0.5) is 0 Å². The van der Waals surface area contributed by atoms with E-state index in [-0.39, 0.29) is 0 Å². The summed E-state index contributed by atoms with van der Waals surface area (Å²) in [6.45, 7) is 2.29. The summed E-state index contributed by atoms with van der Waals surface area (Å²) < 4.78 is 0. The number of allylic oxidation sites excluding steroid dienone is 2. The average Bonchev–Trinajstić information content (AvgIpc) is 2.01. The van der Waals surface area contributed by atoms with Gasteiger partial charge in [0.25, 0.3) is 0 Å². The van der Waals surface area contributed by atoms with E-state index in [0.29, 0.717) is 0 Å². The monoisotopic (exact) mass is 166 g/mol. The van der Waals surface area contributed by atoms with Crippen LogP contribution in [0, 0.1) is 5.92 Å². The van der Waals surface area contributed by atoms with E-state index in [1.807, 2.05) is 25.3 Å². The SMILES string of the molecule is C[C@H]1CCC=C(N=CN(C)C)C1. The Bertz CT molecular complexity index is 192. The second kappa shape index (κ2) is 4.29. The summed E-state index contributed by atoms with van der Waals surface area (Å²) in [5.74, 6) is 0.810. The van der Waals surface area contributed by atoms with Gasteiger partial charge in [-0.15, -0.1) is 0 Å². The molecule has 0 aliphatic heterocycles. The number of rotatable bonds is 2. The zero-order valence-corrected chi connectivity index (χ0v) is 8.25. The Balaban J connectivity index is 2.46. The Morgan fingerprint density at radius 3 is 2.92 bits per heavy atom. The molecule has 1 aliphatic carbocycles. The maximum atomic E-state index is 4.40. The molecule has 1 atom stereocenters. The molecule has 0 aromatic carbocycles. The highest BCUT2D eigenvalue weighted by Crippen LogP contribution is 2.23. The van der Waals surface area contributed by atoms with Crippen molar-refractivity contribution in [2.24, 2.45) is 10.9 Å². The van der Waals surface area contributed by atoms with Crippen LogP contribution < -0.4 is 0 Å². The van der Waals surface area contributed by atoms with Crippen LogP contribution in [0.15, 0.2) is 16.8 Å². The van der Waals surface area contributed by atoms with Crippen molar-refractivity contribution >= 4 is 6.34 Å². The average molecular weight is 166 g/mol. The van der Waals surface area contributed by atoms with Gasteiger partial charge in [0.05, 0.1) is 6.34 Å². The normalized spacial score (nSPS) is 24.2. The Labute approximate surface area is 75.0 Å². The summed E-state index contributed by atoms with van der Waals surface area (Å²) in [6, 6.07) is 0. The number of hydrogen-bond acceptors (Lipinski definition) is 1. The van der Waals surface area contributed by atoms with Crippen molar-refractivity contribution in [3.05, 3.63) is 11.8 Å². The van der Waals surface area contributed by atoms with E-state index in [2.05, 4.69) is 18.0 Å². The predicted octanol–water partition coefficient (Wildman–Crippen LogP) is 2.28. The molecule has 0 saturated carbocycles. The van der Waals surface area contributed by atoms with E-state index < -0.39 is 0 Å². The van der Waals surface area contributed by atoms with Gasteiger partial charge in [-0.1, -0.05) is 13.0 Å². The Kier molecular flexibility index (Phi) is 3.32. The Morgan fingerprint density at radius 2 is 2.33 bits per heavy atom. The summed E-state index contributed by atoms with van der Waals surface area (Å²) in [7, 11) is 3.99. The first-order valence-corrected chi connectivity index (χ1v) is 4.58. The topological polar surface area (TPSA) is 15.6 Å². The van der Waals surface area contributed by atoms with E-state index >= 15 is 0 Å². The summed E-state index contributed by atoms with van der Waals surface area (Å²) in [5, 5.41) is 0. The molecule has 0 spiro atoms. The van der Waals surface area contributed by atoms with Crippen molar-refractivity contribution < 1.29 is 0 Å². The molecule has 0 N–H and O–H groups in total. The maximum absolute atomic E-state index is 4.40. The van der Waals surface area contributed by atoms with Gasteiger partial charge in [-0.3, -0.25) is 0 Å². The highest BCUT2D eigenvalue weighted by Gasteiger charge is 2.09. The summed E-state index contributed by atoms with van der Waals surface area (Å²) >= 11 is 0. The standard InChI is InChI=1S/C10H18N2/c1-9-5-4-6-10(7-9)11-8-12(2)3/h6,8-9H,4-5,7H2,1-3H3/t9-/m0/s1. The molecule has 68 valence electrons. The van der Waals surface area contributed by atoms with Crippen molar-refractivity contribution in [1.29, 1.82) is 0 Å². The summed E-state index contributed by atoms with van der Waals surface area (Å²) in [4.78, 5) is 6.37. The van der Waals surface area contributed by atoms with E-state index in [1.54, 1.807) is 0 Å².